The highest BCUT2D eigenvalue weighted by atomic mass is 16.6. The van der Waals surface area contributed by atoms with Crippen LogP contribution in [0.4, 0.5) is 15.3 Å². The number of ether oxygens (including phenoxy) is 2. The zero-order valence-electron chi connectivity index (χ0n) is 15.9. The largest absolute Gasteiger partial charge is 0.449 e. The van der Waals surface area contributed by atoms with Gasteiger partial charge in [0.05, 0.1) is 6.61 Å². The molecule has 25 heavy (non-hydrogen) atoms. The average molecular weight is 350 g/mol. The van der Waals surface area contributed by atoms with Gasteiger partial charge in [-0.1, -0.05) is 26.8 Å². The molecule has 1 N–H and O–H groups in total. The molecule has 2 unspecified atom stereocenters. The lowest BCUT2D eigenvalue weighted by Gasteiger charge is -2.32. The van der Waals surface area contributed by atoms with E-state index < -0.39 is 6.09 Å². The van der Waals surface area contributed by atoms with E-state index in [0.717, 1.165) is 19.3 Å². The Morgan fingerprint density at radius 1 is 1.12 bits per heavy atom. The zero-order valence-corrected chi connectivity index (χ0v) is 15.9. The molecule has 1 aromatic carbocycles. The molecule has 0 aliphatic rings. The third-order valence-electron chi connectivity index (χ3n) is 4.07. The molecule has 0 spiro atoms. The predicted molar refractivity (Wildman–Crippen MR) is 99.1 cm³/mol. The molecule has 2 atom stereocenters. The molecule has 0 heterocycles. The van der Waals surface area contributed by atoms with Gasteiger partial charge in [-0.25, -0.2) is 9.59 Å². The van der Waals surface area contributed by atoms with E-state index in [1.807, 2.05) is 34.6 Å². The molecule has 1 rings (SSSR count). The van der Waals surface area contributed by atoms with Gasteiger partial charge in [-0.3, -0.25) is 5.32 Å². The van der Waals surface area contributed by atoms with Crippen molar-refractivity contribution in [2.45, 2.75) is 66.0 Å². The van der Waals surface area contributed by atoms with Crippen molar-refractivity contribution in [3.8, 4) is 5.75 Å². The van der Waals surface area contributed by atoms with Crippen LogP contribution in [0.25, 0.3) is 0 Å². The van der Waals surface area contributed by atoms with Crippen molar-refractivity contribution in [3.05, 3.63) is 24.3 Å². The molecular formula is C19H30N2O4. The lowest BCUT2D eigenvalue weighted by molar-refractivity contribution is 0.111. The smallest absolute Gasteiger partial charge is 0.415 e. The second-order valence-electron chi connectivity index (χ2n) is 6.08. The maximum absolute atomic E-state index is 12.6. The first kappa shape index (κ1) is 20.8. The molecule has 6 nitrogen and oxygen atoms in total. The van der Waals surface area contributed by atoms with Gasteiger partial charge in [0.1, 0.15) is 5.75 Å². The molecule has 0 bridgehead atoms. The molecule has 6 heteroatoms. The lowest BCUT2D eigenvalue weighted by Crippen LogP contribution is -2.45. The molecule has 0 aliphatic heterocycles. The average Bonchev–Trinajstić information content (AvgIpc) is 2.59. The molecule has 0 saturated carbocycles. The number of benzene rings is 1. The minimum Gasteiger partial charge on any atom is -0.449 e. The van der Waals surface area contributed by atoms with Crippen LogP contribution in [-0.4, -0.2) is 35.8 Å². The molecular weight excluding hydrogens is 320 g/mol. The van der Waals surface area contributed by atoms with Gasteiger partial charge in [0.15, 0.2) is 0 Å². The Morgan fingerprint density at radius 3 is 2.32 bits per heavy atom. The Hall–Kier alpha value is -2.24. The minimum absolute atomic E-state index is 0.0905. The third-order valence-corrected chi connectivity index (χ3v) is 4.07. The monoisotopic (exact) mass is 350 g/mol. The number of carbonyl (C=O) groups excluding carboxylic acids is 2. The fourth-order valence-corrected chi connectivity index (χ4v) is 2.33. The highest BCUT2D eigenvalue weighted by molar-refractivity contribution is 5.85. The summed E-state index contributed by atoms with van der Waals surface area (Å²) in [5.41, 5.74) is 0.519. The van der Waals surface area contributed by atoms with Crippen LogP contribution in [0.2, 0.25) is 0 Å². The maximum Gasteiger partial charge on any atom is 0.415 e. The second-order valence-corrected chi connectivity index (χ2v) is 6.08. The second kappa shape index (κ2) is 10.6. The molecule has 0 fully saturated rings. The number of hydrogen-bond acceptors (Lipinski definition) is 4. The van der Waals surface area contributed by atoms with Gasteiger partial charge in [0.25, 0.3) is 0 Å². The third kappa shape index (κ3) is 6.64. The van der Waals surface area contributed by atoms with E-state index in [9.17, 15) is 9.59 Å². The number of hydrogen-bond donors (Lipinski definition) is 1. The van der Waals surface area contributed by atoms with Crippen molar-refractivity contribution in [2.24, 2.45) is 0 Å². The van der Waals surface area contributed by atoms with Crippen LogP contribution in [0, 0.1) is 0 Å². The highest BCUT2D eigenvalue weighted by Gasteiger charge is 2.25. The van der Waals surface area contributed by atoms with Gasteiger partial charge >= 0.3 is 12.2 Å². The van der Waals surface area contributed by atoms with Gasteiger partial charge in [0, 0.05) is 23.8 Å². The highest BCUT2D eigenvalue weighted by Crippen LogP contribution is 2.20. The number of nitrogens with zero attached hydrogens (tertiary/aromatic N) is 1. The summed E-state index contributed by atoms with van der Waals surface area (Å²) in [6.45, 7) is 10.4. The normalized spacial score (nSPS) is 12.8. The van der Waals surface area contributed by atoms with Crippen molar-refractivity contribution < 1.29 is 19.1 Å². The van der Waals surface area contributed by atoms with Crippen molar-refractivity contribution in [1.82, 2.24) is 4.90 Å². The van der Waals surface area contributed by atoms with Crippen LogP contribution >= 0.6 is 0 Å². The van der Waals surface area contributed by atoms with Crippen LogP contribution in [0.3, 0.4) is 0 Å². The molecule has 0 aromatic heterocycles. The topological polar surface area (TPSA) is 67.9 Å². The molecule has 1 aromatic rings. The first-order valence-corrected chi connectivity index (χ1v) is 8.96. The number of anilines is 1. The minimum atomic E-state index is -0.522. The Bertz CT molecular complexity index is 552. The van der Waals surface area contributed by atoms with E-state index in [4.69, 9.17) is 9.47 Å². The summed E-state index contributed by atoms with van der Waals surface area (Å²) in [7, 11) is 0. The summed E-state index contributed by atoms with van der Waals surface area (Å²) in [6, 6.07) is 6.91. The summed E-state index contributed by atoms with van der Waals surface area (Å²) >= 11 is 0. The van der Waals surface area contributed by atoms with Gasteiger partial charge < -0.3 is 14.4 Å². The van der Waals surface area contributed by atoms with E-state index >= 15 is 0 Å². The molecule has 0 saturated heterocycles. The summed E-state index contributed by atoms with van der Waals surface area (Å²) in [5, 5.41) is 2.62. The Morgan fingerprint density at radius 2 is 1.76 bits per heavy atom. The van der Waals surface area contributed by atoms with Crippen molar-refractivity contribution in [1.29, 1.82) is 0 Å². The number of rotatable bonds is 8. The van der Waals surface area contributed by atoms with Crippen LogP contribution < -0.4 is 10.1 Å². The van der Waals surface area contributed by atoms with Gasteiger partial charge in [-0.15, -0.1) is 0 Å². The first-order chi connectivity index (χ1) is 11.9. The fourth-order valence-electron chi connectivity index (χ4n) is 2.33. The summed E-state index contributed by atoms with van der Waals surface area (Å²) in [5.74, 6) is 0.384. The van der Waals surface area contributed by atoms with E-state index in [0.29, 0.717) is 18.0 Å². The number of amides is 2. The van der Waals surface area contributed by atoms with E-state index in [-0.39, 0.29) is 18.2 Å². The summed E-state index contributed by atoms with van der Waals surface area (Å²) in [6.07, 6.45) is 1.56. The Labute approximate surface area is 150 Å². The van der Waals surface area contributed by atoms with Gasteiger partial charge in [0.2, 0.25) is 0 Å². The van der Waals surface area contributed by atoms with Crippen LogP contribution in [0.5, 0.6) is 5.75 Å². The van der Waals surface area contributed by atoms with Gasteiger partial charge in [-0.05, 0) is 45.2 Å². The van der Waals surface area contributed by atoms with E-state index in [1.165, 1.54) is 0 Å². The lowest BCUT2D eigenvalue weighted by atomic mass is 10.1. The maximum atomic E-state index is 12.6. The van der Waals surface area contributed by atoms with Crippen LogP contribution in [0.15, 0.2) is 24.3 Å². The standard InChI is InChI=1S/C19H30N2O4/c1-6-12-24-18(22)20-16-10-9-11-17(13-16)25-19(23)21(14(4)7-2)15(5)8-3/h9-11,13-15H,6-8,12H2,1-5H3,(H,20,22). The van der Waals surface area contributed by atoms with Crippen molar-refractivity contribution in [2.75, 3.05) is 11.9 Å². The molecule has 0 radical (unpaired) electrons. The van der Waals surface area contributed by atoms with Gasteiger partial charge in [-0.2, -0.15) is 0 Å². The summed E-state index contributed by atoms with van der Waals surface area (Å²) < 4.78 is 10.5. The molecule has 2 amide bonds. The SMILES string of the molecule is CCCOC(=O)Nc1cccc(OC(=O)N(C(C)CC)C(C)CC)c1. The number of carbonyl (C=O) groups is 2. The van der Waals surface area contributed by atoms with Crippen LogP contribution in [0.1, 0.15) is 53.9 Å². The van der Waals surface area contributed by atoms with Crippen molar-refractivity contribution >= 4 is 17.9 Å². The predicted octanol–water partition coefficient (Wildman–Crippen LogP) is 5.04. The Kier molecular flexibility index (Phi) is 8.81. The quantitative estimate of drug-likeness (QED) is 0.713. The number of nitrogens with one attached hydrogen (secondary N) is 1. The molecule has 0 aliphatic carbocycles. The molecule has 140 valence electrons. The summed E-state index contributed by atoms with van der Waals surface area (Å²) in [4.78, 5) is 26.0. The van der Waals surface area contributed by atoms with E-state index in [1.54, 1.807) is 29.2 Å². The van der Waals surface area contributed by atoms with E-state index in [2.05, 4.69) is 5.32 Å². The fraction of sp³-hybridized carbons (Fsp3) is 0.579. The first-order valence-electron chi connectivity index (χ1n) is 8.96. The Balaban J connectivity index is 2.79. The van der Waals surface area contributed by atoms with Crippen molar-refractivity contribution in [3.63, 3.8) is 0 Å². The zero-order chi connectivity index (χ0) is 18.8. The van der Waals surface area contributed by atoms with Crippen LogP contribution in [-0.2, 0) is 4.74 Å².